The first kappa shape index (κ1) is 11.6. The first-order valence-corrected chi connectivity index (χ1v) is 5.59. The highest BCUT2D eigenvalue weighted by Crippen LogP contribution is 2.29. The second-order valence-corrected chi connectivity index (χ2v) is 4.38. The van der Waals surface area contributed by atoms with Crippen molar-refractivity contribution in [3.63, 3.8) is 0 Å². The lowest BCUT2D eigenvalue weighted by molar-refractivity contribution is 0.473. The Labute approximate surface area is 106 Å². The number of aromatic hydroxyl groups is 1. The van der Waals surface area contributed by atoms with Crippen molar-refractivity contribution in [2.24, 2.45) is 0 Å². The van der Waals surface area contributed by atoms with Gasteiger partial charge in [-0.2, -0.15) is 5.26 Å². The van der Waals surface area contributed by atoms with Crippen LogP contribution in [0.5, 0.6) is 5.75 Å². The molecular formula is C13H7BrFNO. The fourth-order valence-corrected chi connectivity index (χ4v) is 1.87. The fourth-order valence-electron chi connectivity index (χ4n) is 1.51. The summed E-state index contributed by atoms with van der Waals surface area (Å²) in [6.45, 7) is 0. The van der Waals surface area contributed by atoms with Gasteiger partial charge >= 0.3 is 0 Å². The predicted octanol–water partition coefficient (Wildman–Crippen LogP) is 3.83. The molecule has 0 amide bonds. The van der Waals surface area contributed by atoms with Crippen molar-refractivity contribution in [3.8, 4) is 22.9 Å². The number of phenols is 1. The number of halogens is 2. The summed E-state index contributed by atoms with van der Waals surface area (Å²) in [5.41, 5.74) is 1.07. The summed E-state index contributed by atoms with van der Waals surface area (Å²) >= 11 is 3.26. The van der Waals surface area contributed by atoms with Crippen molar-refractivity contribution >= 4 is 15.9 Å². The summed E-state index contributed by atoms with van der Waals surface area (Å²) in [5, 5.41) is 18.2. The molecule has 0 aromatic heterocycles. The zero-order chi connectivity index (χ0) is 12.4. The van der Waals surface area contributed by atoms with Crippen LogP contribution >= 0.6 is 15.9 Å². The number of nitriles is 1. The number of hydrogen-bond donors (Lipinski definition) is 1. The molecule has 0 spiro atoms. The van der Waals surface area contributed by atoms with Crippen LogP contribution in [0.1, 0.15) is 5.56 Å². The molecule has 0 radical (unpaired) electrons. The van der Waals surface area contributed by atoms with Crippen LogP contribution in [0, 0.1) is 17.1 Å². The van der Waals surface area contributed by atoms with E-state index in [1.165, 1.54) is 18.2 Å². The molecule has 17 heavy (non-hydrogen) atoms. The van der Waals surface area contributed by atoms with Crippen molar-refractivity contribution in [2.45, 2.75) is 0 Å². The van der Waals surface area contributed by atoms with Gasteiger partial charge in [0, 0.05) is 10.0 Å². The van der Waals surface area contributed by atoms with Gasteiger partial charge in [-0.15, -0.1) is 0 Å². The summed E-state index contributed by atoms with van der Waals surface area (Å²) in [6.07, 6.45) is 0. The lowest BCUT2D eigenvalue weighted by Gasteiger charge is -2.05. The monoisotopic (exact) mass is 291 g/mol. The SMILES string of the molecule is N#Cc1cc(-c2cc(Br)ccc2F)ccc1O. The van der Waals surface area contributed by atoms with Crippen molar-refractivity contribution in [1.29, 1.82) is 5.26 Å². The van der Waals surface area contributed by atoms with Gasteiger partial charge in [-0.3, -0.25) is 0 Å². The van der Waals surface area contributed by atoms with Gasteiger partial charge < -0.3 is 5.11 Å². The van der Waals surface area contributed by atoms with Crippen LogP contribution in [0.25, 0.3) is 11.1 Å². The second kappa shape index (κ2) is 4.56. The third-order valence-electron chi connectivity index (χ3n) is 2.36. The van der Waals surface area contributed by atoms with E-state index in [0.29, 0.717) is 11.1 Å². The molecule has 2 aromatic rings. The van der Waals surface area contributed by atoms with E-state index in [-0.39, 0.29) is 17.1 Å². The number of benzene rings is 2. The molecule has 0 fully saturated rings. The van der Waals surface area contributed by atoms with Gasteiger partial charge in [-0.05, 0) is 35.9 Å². The molecule has 0 saturated heterocycles. The van der Waals surface area contributed by atoms with Crippen LogP contribution in [0.4, 0.5) is 4.39 Å². The highest BCUT2D eigenvalue weighted by molar-refractivity contribution is 9.10. The fraction of sp³-hybridized carbons (Fsp3) is 0. The standard InChI is InChI=1S/C13H7BrFNO/c14-10-2-3-12(15)11(6-10)8-1-4-13(17)9(5-8)7-16/h1-6,17H. The lowest BCUT2D eigenvalue weighted by atomic mass is 10.0. The Bertz CT molecular complexity index is 619. The third kappa shape index (κ3) is 2.29. The van der Waals surface area contributed by atoms with E-state index in [9.17, 15) is 9.50 Å². The Kier molecular flexibility index (Phi) is 3.12. The van der Waals surface area contributed by atoms with Gasteiger partial charge in [0.25, 0.3) is 0 Å². The molecular weight excluding hydrogens is 285 g/mol. The maximum Gasteiger partial charge on any atom is 0.133 e. The number of phenolic OH excluding ortho intramolecular Hbond substituents is 1. The number of rotatable bonds is 1. The molecule has 0 heterocycles. The van der Waals surface area contributed by atoms with E-state index in [4.69, 9.17) is 5.26 Å². The minimum absolute atomic E-state index is 0.105. The summed E-state index contributed by atoms with van der Waals surface area (Å²) < 4.78 is 14.4. The Morgan fingerprint density at radius 2 is 1.94 bits per heavy atom. The van der Waals surface area contributed by atoms with Crippen LogP contribution in [0.3, 0.4) is 0 Å². The molecule has 2 rings (SSSR count). The zero-order valence-electron chi connectivity index (χ0n) is 8.61. The molecule has 1 N–H and O–H groups in total. The van der Waals surface area contributed by atoms with Gasteiger partial charge in [-0.25, -0.2) is 4.39 Å². The minimum atomic E-state index is -0.372. The molecule has 0 aliphatic rings. The highest BCUT2D eigenvalue weighted by atomic mass is 79.9. The summed E-state index contributed by atoms with van der Waals surface area (Å²) in [5.74, 6) is -0.477. The van der Waals surface area contributed by atoms with Crippen molar-refractivity contribution in [1.82, 2.24) is 0 Å². The smallest absolute Gasteiger partial charge is 0.133 e. The first-order valence-electron chi connectivity index (χ1n) is 4.80. The average Bonchev–Trinajstić information content (AvgIpc) is 2.33. The van der Waals surface area contributed by atoms with E-state index >= 15 is 0 Å². The highest BCUT2D eigenvalue weighted by Gasteiger charge is 2.08. The Hall–Kier alpha value is -1.86. The molecule has 0 aliphatic carbocycles. The summed E-state index contributed by atoms with van der Waals surface area (Å²) in [6, 6.07) is 10.8. The summed E-state index contributed by atoms with van der Waals surface area (Å²) in [7, 11) is 0. The number of hydrogen-bond acceptors (Lipinski definition) is 2. The van der Waals surface area contributed by atoms with Crippen LogP contribution < -0.4 is 0 Å². The van der Waals surface area contributed by atoms with Gasteiger partial charge in [0.1, 0.15) is 17.6 Å². The lowest BCUT2D eigenvalue weighted by Crippen LogP contribution is -1.86. The van der Waals surface area contributed by atoms with E-state index < -0.39 is 0 Å². The second-order valence-electron chi connectivity index (χ2n) is 3.47. The van der Waals surface area contributed by atoms with Gasteiger partial charge in [-0.1, -0.05) is 22.0 Å². The van der Waals surface area contributed by atoms with Gasteiger partial charge in [0.05, 0.1) is 5.56 Å². The molecule has 2 nitrogen and oxygen atoms in total. The Balaban J connectivity index is 2.61. The first-order chi connectivity index (χ1) is 8.11. The van der Waals surface area contributed by atoms with E-state index in [1.54, 1.807) is 18.2 Å². The molecule has 84 valence electrons. The Morgan fingerprint density at radius 1 is 1.18 bits per heavy atom. The largest absolute Gasteiger partial charge is 0.507 e. The normalized spacial score (nSPS) is 9.94. The van der Waals surface area contributed by atoms with Crippen LogP contribution in [0.2, 0.25) is 0 Å². The van der Waals surface area contributed by atoms with E-state index in [1.807, 2.05) is 6.07 Å². The van der Waals surface area contributed by atoms with Crippen molar-refractivity contribution in [3.05, 3.63) is 52.3 Å². The maximum atomic E-state index is 13.6. The maximum absolute atomic E-state index is 13.6. The third-order valence-corrected chi connectivity index (χ3v) is 2.85. The van der Waals surface area contributed by atoms with E-state index in [0.717, 1.165) is 4.47 Å². The van der Waals surface area contributed by atoms with Gasteiger partial charge in [0.2, 0.25) is 0 Å². The van der Waals surface area contributed by atoms with Crippen molar-refractivity contribution < 1.29 is 9.50 Å². The molecule has 2 aromatic carbocycles. The molecule has 4 heteroatoms. The van der Waals surface area contributed by atoms with Crippen molar-refractivity contribution in [2.75, 3.05) is 0 Å². The van der Waals surface area contributed by atoms with Crippen LogP contribution in [0.15, 0.2) is 40.9 Å². The minimum Gasteiger partial charge on any atom is -0.507 e. The molecule has 0 atom stereocenters. The zero-order valence-corrected chi connectivity index (χ0v) is 10.2. The molecule has 0 saturated carbocycles. The molecule has 0 unspecified atom stereocenters. The molecule has 0 bridgehead atoms. The average molecular weight is 292 g/mol. The van der Waals surface area contributed by atoms with Gasteiger partial charge in [0.15, 0.2) is 0 Å². The molecule has 0 aliphatic heterocycles. The van der Waals surface area contributed by atoms with Crippen LogP contribution in [-0.4, -0.2) is 5.11 Å². The topological polar surface area (TPSA) is 44.0 Å². The Morgan fingerprint density at radius 3 is 2.65 bits per heavy atom. The summed E-state index contributed by atoms with van der Waals surface area (Å²) in [4.78, 5) is 0. The van der Waals surface area contributed by atoms with Crippen LogP contribution in [-0.2, 0) is 0 Å². The van der Waals surface area contributed by atoms with E-state index in [2.05, 4.69) is 15.9 Å². The quantitative estimate of drug-likeness (QED) is 0.868. The number of nitrogens with zero attached hydrogens (tertiary/aromatic N) is 1. The predicted molar refractivity (Wildman–Crippen MR) is 65.9 cm³/mol.